The maximum atomic E-state index is 12.5. The summed E-state index contributed by atoms with van der Waals surface area (Å²) in [4.78, 5) is 23.1. The van der Waals surface area contributed by atoms with Crippen LogP contribution in [0.4, 0.5) is 0 Å². The zero-order chi connectivity index (χ0) is 21.6. The van der Waals surface area contributed by atoms with Gasteiger partial charge in [0.05, 0.1) is 18.0 Å². The normalized spacial score (nSPS) is 10.8. The summed E-state index contributed by atoms with van der Waals surface area (Å²) in [5.41, 5.74) is 5.91. The fourth-order valence-electron chi connectivity index (χ4n) is 3.30. The van der Waals surface area contributed by atoms with Crippen LogP contribution in [0.5, 0.6) is 0 Å². The molecule has 0 fully saturated rings. The average molecular weight is 413 g/mol. The molecule has 3 aromatic heterocycles. The maximum Gasteiger partial charge on any atom is 0.253 e. The van der Waals surface area contributed by atoms with E-state index < -0.39 is 0 Å². The SMILES string of the molecule is COCCN(C)C(=O)c1ccc(-c2cc(-c3c[nH]nc3-c3ccccn3)ccn2)cc1. The molecule has 1 amide bonds. The lowest BCUT2D eigenvalue weighted by atomic mass is 10.0. The van der Waals surface area contributed by atoms with Gasteiger partial charge in [-0.1, -0.05) is 18.2 Å². The van der Waals surface area contributed by atoms with Crippen LogP contribution < -0.4 is 0 Å². The molecule has 0 aliphatic heterocycles. The molecule has 0 saturated heterocycles. The number of hydrogen-bond acceptors (Lipinski definition) is 5. The van der Waals surface area contributed by atoms with Crippen LogP contribution >= 0.6 is 0 Å². The van der Waals surface area contributed by atoms with E-state index in [-0.39, 0.29) is 5.91 Å². The van der Waals surface area contributed by atoms with E-state index in [0.29, 0.717) is 18.7 Å². The van der Waals surface area contributed by atoms with E-state index in [4.69, 9.17) is 4.74 Å². The number of aromatic nitrogens is 4. The Morgan fingerprint density at radius 1 is 1.00 bits per heavy atom. The van der Waals surface area contributed by atoms with E-state index in [1.165, 1.54) is 0 Å². The summed E-state index contributed by atoms with van der Waals surface area (Å²) in [5, 5.41) is 7.31. The first-order valence-electron chi connectivity index (χ1n) is 9.94. The topological polar surface area (TPSA) is 84.0 Å². The van der Waals surface area contributed by atoms with Gasteiger partial charge in [-0.15, -0.1) is 0 Å². The number of amides is 1. The van der Waals surface area contributed by atoms with Gasteiger partial charge in [-0.2, -0.15) is 5.10 Å². The zero-order valence-corrected chi connectivity index (χ0v) is 17.4. The molecule has 3 heterocycles. The number of methoxy groups -OCH3 is 1. The molecule has 0 unspecified atom stereocenters. The van der Waals surface area contributed by atoms with Crippen LogP contribution in [0.15, 0.2) is 73.2 Å². The van der Waals surface area contributed by atoms with Gasteiger partial charge in [0.15, 0.2) is 0 Å². The molecule has 4 rings (SSSR count). The summed E-state index contributed by atoms with van der Waals surface area (Å²) in [6.45, 7) is 1.05. The standard InChI is InChI=1S/C24H23N5O2/c1-29(13-14-31-2)24(30)18-8-6-17(7-9-18)22-15-19(10-12-26-22)20-16-27-28-23(20)21-5-3-4-11-25-21/h3-12,15-16H,13-14H2,1-2H3,(H,27,28). The quantitative estimate of drug-likeness (QED) is 0.496. The predicted octanol–water partition coefficient (Wildman–Crippen LogP) is 3.92. The largest absolute Gasteiger partial charge is 0.383 e. The minimum atomic E-state index is -0.0382. The van der Waals surface area contributed by atoms with Crippen molar-refractivity contribution in [2.75, 3.05) is 27.3 Å². The second kappa shape index (κ2) is 9.32. The lowest BCUT2D eigenvalue weighted by Gasteiger charge is -2.16. The van der Waals surface area contributed by atoms with Crippen LogP contribution in [0.2, 0.25) is 0 Å². The molecule has 0 bridgehead atoms. The lowest BCUT2D eigenvalue weighted by molar-refractivity contribution is 0.0744. The Kier molecular flexibility index (Phi) is 6.14. The van der Waals surface area contributed by atoms with Crippen LogP contribution in [0.1, 0.15) is 10.4 Å². The minimum absolute atomic E-state index is 0.0382. The van der Waals surface area contributed by atoms with Crippen molar-refractivity contribution in [2.24, 2.45) is 0 Å². The fraction of sp³-hybridized carbons (Fsp3) is 0.167. The number of ether oxygens (including phenoxy) is 1. The summed E-state index contributed by atoms with van der Waals surface area (Å²) in [6, 6.07) is 17.2. The van der Waals surface area contributed by atoms with Gasteiger partial charge in [-0.05, 0) is 42.0 Å². The van der Waals surface area contributed by atoms with Crippen molar-refractivity contribution in [1.29, 1.82) is 0 Å². The van der Waals surface area contributed by atoms with Gasteiger partial charge in [0, 0.05) is 56.0 Å². The smallest absolute Gasteiger partial charge is 0.253 e. The third-order valence-electron chi connectivity index (χ3n) is 5.02. The molecule has 0 aliphatic rings. The first-order valence-corrected chi connectivity index (χ1v) is 9.94. The van der Waals surface area contributed by atoms with Crippen LogP contribution in [0.25, 0.3) is 33.8 Å². The number of nitrogens with one attached hydrogen (secondary N) is 1. The number of nitrogens with zero attached hydrogens (tertiary/aromatic N) is 4. The predicted molar refractivity (Wildman–Crippen MR) is 119 cm³/mol. The molecule has 0 radical (unpaired) electrons. The van der Waals surface area contributed by atoms with Crippen LogP contribution in [0.3, 0.4) is 0 Å². The average Bonchev–Trinajstić information content (AvgIpc) is 3.33. The van der Waals surface area contributed by atoms with Crippen molar-refractivity contribution < 1.29 is 9.53 Å². The number of carbonyl (C=O) groups is 1. The van der Waals surface area contributed by atoms with Crippen molar-refractivity contribution in [3.63, 3.8) is 0 Å². The Morgan fingerprint density at radius 2 is 1.81 bits per heavy atom. The van der Waals surface area contributed by atoms with Gasteiger partial charge in [-0.25, -0.2) is 0 Å². The van der Waals surface area contributed by atoms with Crippen molar-refractivity contribution in [2.45, 2.75) is 0 Å². The highest BCUT2D eigenvalue weighted by molar-refractivity contribution is 5.94. The van der Waals surface area contributed by atoms with Crippen LogP contribution in [0, 0.1) is 0 Å². The van der Waals surface area contributed by atoms with Gasteiger partial charge in [0.25, 0.3) is 5.91 Å². The Morgan fingerprint density at radius 3 is 2.55 bits per heavy atom. The second-order valence-electron chi connectivity index (χ2n) is 7.09. The number of H-pyrrole nitrogens is 1. The summed E-state index contributed by atoms with van der Waals surface area (Å²) in [6.07, 6.45) is 5.39. The Hall–Kier alpha value is -3.84. The third-order valence-corrected chi connectivity index (χ3v) is 5.02. The fourth-order valence-corrected chi connectivity index (χ4v) is 3.30. The van der Waals surface area contributed by atoms with Crippen molar-refractivity contribution >= 4 is 5.91 Å². The summed E-state index contributed by atoms with van der Waals surface area (Å²) in [7, 11) is 3.39. The highest BCUT2D eigenvalue weighted by Crippen LogP contribution is 2.30. The van der Waals surface area contributed by atoms with E-state index in [9.17, 15) is 4.79 Å². The Bertz CT molecular complexity index is 1160. The molecule has 7 heteroatoms. The number of aromatic amines is 1. The molecule has 1 N–H and O–H groups in total. The Balaban J connectivity index is 1.59. The highest BCUT2D eigenvalue weighted by atomic mass is 16.5. The molecule has 156 valence electrons. The summed E-state index contributed by atoms with van der Waals surface area (Å²) >= 11 is 0. The van der Waals surface area contributed by atoms with E-state index >= 15 is 0 Å². The summed E-state index contributed by atoms with van der Waals surface area (Å²) in [5.74, 6) is -0.0382. The molecule has 0 atom stereocenters. The minimum Gasteiger partial charge on any atom is -0.383 e. The number of carbonyl (C=O) groups excluding carboxylic acids is 1. The molecule has 31 heavy (non-hydrogen) atoms. The first kappa shape index (κ1) is 20.4. The molecule has 1 aromatic carbocycles. The lowest BCUT2D eigenvalue weighted by Crippen LogP contribution is -2.29. The highest BCUT2D eigenvalue weighted by Gasteiger charge is 2.14. The van der Waals surface area contributed by atoms with Crippen LogP contribution in [-0.4, -0.2) is 58.3 Å². The molecule has 4 aromatic rings. The van der Waals surface area contributed by atoms with Gasteiger partial charge in [0.1, 0.15) is 5.69 Å². The molecule has 0 aliphatic carbocycles. The van der Waals surface area contributed by atoms with E-state index in [0.717, 1.165) is 33.8 Å². The van der Waals surface area contributed by atoms with E-state index in [2.05, 4.69) is 20.2 Å². The summed E-state index contributed by atoms with van der Waals surface area (Å²) < 4.78 is 5.04. The van der Waals surface area contributed by atoms with Gasteiger partial charge >= 0.3 is 0 Å². The molecule has 0 saturated carbocycles. The van der Waals surface area contributed by atoms with Crippen LogP contribution in [-0.2, 0) is 4.74 Å². The number of pyridine rings is 2. The third kappa shape index (κ3) is 4.51. The molecule has 0 spiro atoms. The monoisotopic (exact) mass is 413 g/mol. The second-order valence-corrected chi connectivity index (χ2v) is 7.09. The zero-order valence-electron chi connectivity index (χ0n) is 17.4. The number of rotatable bonds is 7. The molecule has 7 nitrogen and oxygen atoms in total. The van der Waals surface area contributed by atoms with E-state index in [1.807, 2.05) is 60.8 Å². The van der Waals surface area contributed by atoms with Gasteiger partial charge in [-0.3, -0.25) is 19.9 Å². The van der Waals surface area contributed by atoms with E-state index in [1.54, 1.807) is 31.5 Å². The van der Waals surface area contributed by atoms with Crippen molar-refractivity contribution in [1.82, 2.24) is 25.1 Å². The molecular weight excluding hydrogens is 390 g/mol. The molecular formula is C24H23N5O2. The van der Waals surface area contributed by atoms with Crippen molar-refractivity contribution in [3.05, 3.63) is 78.8 Å². The Labute approximate surface area is 180 Å². The van der Waals surface area contributed by atoms with Crippen molar-refractivity contribution in [3.8, 4) is 33.8 Å². The number of hydrogen-bond donors (Lipinski definition) is 1. The first-order chi connectivity index (χ1) is 15.2. The number of benzene rings is 1. The van der Waals surface area contributed by atoms with Gasteiger partial charge < -0.3 is 9.64 Å². The number of likely N-dealkylation sites (N-methyl/N-ethyl adjacent to an activating group) is 1. The van der Waals surface area contributed by atoms with Gasteiger partial charge in [0.2, 0.25) is 0 Å². The maximum absolute atomic E-state index is 12.5.